The van der Waals surface area contributed by atoms with E-state index in [-0.39, 0.29) is 12.4 Å². The maximum absolute atomic E-state index is 11.0. The molecule has 0 aliphatic rings. The lowest BCUT2D eigenvalue weighted by atomic mass is 10.2. The van der Waals surface area contributed by atoms with Crippen LogP contribution >= 0.6 is 0 Å². The van der Waals surface area contributed by atoms with Gasteiger partial charge in [-0.1, -0.05) is 0 Å². The molecule has 0 aromatic carbocycles. The molecule has 0 radical (unpaired) electrons. The van der Waals surface area contributed by atoms with Gasteiger partial charge < -0.3 is 10.1 Å². The second-order valence-electron chi connectivity index (χ2n) is 4.81. The smallest absolute Gasteiger partial charge is 0.254 e. The maximum atomic E-state index is 11.0. The Balaban J connectivity index is 1.92. The normalized spacial score (nSPS) is 12.0. The number of sulfone groups is 1. The minimum Gasteiger partial charge on any atom is -0.379 e. The molecule has 21 heavy (non-hydrogen) atoms. The van der Waals surface area contributed by atoms with Crippen molar-refractivity contribution in [1.29, 1.82) is 0 Å². The Kier molecular flexibility index (Phi) is 4.73. The van der Waals surface area contributed by atoms with E-state index in [1.807, 2.05) is 13.8 Å². The number of nitrogens with zero attached hydrogens (tertiary/aromatic N) is 4. The second kappa shape index (κ2) is 6.35. The summed E-state index contributed by atoms with van der Waals surface area (Å²) >= 11 is 0. The predicted octanol–water partition coefficient (Wildman–Crippen LogP) is 0.214. The quantitative estimate of drug-likeness (QED) is 0.730. The molecule has 9 heteroatoms. The van der Waals surface area contributed by atoms with Crippen LogP contribution in [0.3, 0.4) is 0 Å². The molecule has 0 aliphatic carbocycles. The van der Waals surface area contributed by atoms with Crippen molar-refractivity contribution in [3.8, 4) is 0 Å². The highest BCUT2D eigenvalue weighted by Crippen LogP contribution is 2.17. The van der Waals surface area contributed by atoms with Crippen LogP contribution in [0.2, 0.25) is 0 Å². The van der Waals surface area contributed by atoms with E-state index in [2.05, 4.69) is 20.4 Å². The van der Waals surface area contributed by atoms with Gasteiger partial charge in [0.1, 0.15) is 22.0 Å². The molecule has 0 atom stereocenters. The van der Waals surface area contributed by atoms with Crippen molar-refractivity contribution in [3.63, 3.8) is 0 Å². The van der Waals surface area contributed by atoms with Crippen molar-refractivity contribution < 1.29 is 13.2 Å². The molecule has 0 saturated carbocycles. The molecule has 0 amide bonds. The van der Waals surface area contributed by atoms with Gasteiger partial charge >= 0.3 is 0 Å². The Morgan fingerprint density at radius 1 is 1.33 bits per heavy atom. The fourth-order valence-corrected chi connectivity index (χ4v) is 2.22. The summed E-state index contributed by atoms with van der Waals surface area (Å²) in [5, 5.41) is 7.35. The van der Waals surface area contributed by atoms with Crippen LogP contribution < -0.4 is 5.32 Å². The van der Waals surface area contributed by atoms with E-state index in [1.165, 1.54) is 12.6 Å². The molecule has 0 saturated heterocycles. The monoisotopic (exact) mass is 313 g/mol. The summed E-state index contributed by atoms with van der Waals surface area (Å²) in [6, 6.07) is 0. The first-order chi connectivity index (χ1) is 9.88. The van der Waals surface area contributed by atoms with Gasteiger partial charge in [0.05, 0.1) is 19.0 Å². The number of aromatic nitrogens is 4. The first kappa shape index (κ1) is 15.6. The van der Waals surface area contributed by atoms with Gasteiger partial charge in [-0.3, -0.25) is 0 Å². The molecule has 1 N–H and O–H groups in total. The molecule has 0 spiro atoms. The lowest BCUT2D eigenvalue weighted by Gasteiger charge is -2.12. The maximum Gasteiger partial charge on any atom is 0.254 e. The summed E-state index contributed by atoms with van der Waals surface area (Å²) in [5.41, 5.74) is 1.88. The minimum absolute atomic E-state index is 0.0354. The van der Waals surface area contributed by atoms with Crippen molar-refractivity contribution in [2.75, 3.05) is 37.1 Å². The van der Waals surface area contributed by atoms with Gasteiger partial charge in [0.15, 0.2) is 0 Å². The summed E-state index contributed by atoms with van der Waals surface area (Å²) in [6.07, 6.45) is 2.65. The zero-order chi connectivity index (χ0) is 15.5. The van der Waals surface area contributed by atoms with E-state index in [9.17, 15) is 8.42 Å². The molecule has 2 aromatic heterocycles. The summed E-state index contributed by atoms with van der Waals surface area (Å²) in [6.45, 7) is 5.03. The number of aryl methyl sites for hydroxylation is 1. The molecular formula is C12H19N5O3S. The van der Waals surface area contributed by atoms with Crippen LogP contribution in [0.25, 0.3) is 5.78 Å². The van der Waals surface area contributed by atoms with Gasteiger partial charge in [0, 0.05) is 24.1 Å². The first-order valence-electron chi connectivity index (χ1n) is 6.55. The lowest BCUT2D eigenvalue weighted by molar-refractivity contribution is 0.159. The van der Waals surface area contributed by atoms with Gasteiger partial charge in [-0.25, -0.2) is 13.4 Å². The molecule has 0 unspecified atom stereocenters. The van der Waals surface area contributed by atoms with Crippen LogP contribution in [0.15, 0.2) is 6.33 Å². The average molecular weight is 313 g/mol. The Morgan fingerprint density at radius 3 is 2.81 bits per heavy atom. The van der Waals surface area contributed by atoms with Crippen molar-refractivity contribution in [2.24, 2.45) is 0 Å². The average Bonchev–Trinajstić information content (AvgIpc) is 2.83. The van der Waals surface area contributed by atoms with E-state index in [0.717, 1.165) is 17.1 Å². The molecule has 0 fully saturated rings. The fraction of sp³-hybridized carbons (Fsp3) is 0.583. The number of anilines is 1. The van der Waals surface area contributed by atoms with Crippen LogP contribution in [0.4, 0.5) is 5.82 Å². The molecular weight excluding hydrogens is 294 g/mol. The van der Waals surface area contributed by atoms with E-state index in [1.54, 1.807) is 4.52 Å². The molecule has 0 aliphatic heterocycles. The van der Waals surface area contributed by atoms with Crippen molar-refractivity contribution >= 4 is 21.4 Å². The van der Waals surface area contributed by atoms with E-state index in [0.29, 0.717) is 18.9 Å². The van der Waals surface area contributed by atoms with Crippen molar-refractivity contribution in [3.05, 3.63) is 17.6 Å². The van der Waals surface area contributed by atoms with E-state index >= 15 is 0 Å². The zero-order valence-electron chi connectivity index (χ0n) is 12.3. The standard InChI is InChI=1S/C12H19N5O3S/c1-9-10(2)16-12-14-8-15-17(12)11(9)13-4-5-20-6-7-21(3,18)19/h8,13H,4-7H2,1-3H3. The van der Waals surface area contributed by atoms with Crippen LogP contribution in [-0.2, 0) is 14.6 Å². The topological polar surface area (TPSA) is 98.5 Å². The third-order valence-corrected chi connectivity index (χ3v) is 3.95. The number of ether oxygens (including phenoxy) is 1. The minimum atomic E-state index is -2.97. The van der Waals surface area contributed by atoms with Crippen LogP contribution in [0.1, 0.15) is 11.3 Å². The molecule has 2 heterocycles. The van der Waals surface area contributed by atoms with Crippen LogP contribution in [0.5, 0.6) is 0 Å². The number of nitrogens with one attached hydrogen (secondary N) is 1. The van der Waals surface area contributed by atoms with E-state index < -0.39 is 9.84 Å². The first-order valence-corrected chi connectivity index (χ1v) is 8.61. The van der Waals surface area contributed by atoms with Crippen molar-refractivity contribution in [1.82, 2.24) is 19.6 Å². The van der Waals surface area contributed by atoms with Gasteiger partial charge in [0.25, 0.3) is 5.78 Å². The highest BCUT2D eigenvalue weighted by Gasteiger charge is 2.10. The van der Waals surface area contributed by atoms with Crippen LogP contribution in [-0.4, -0.2) is 59.8 Å². The van der Waals surface area contributed by atoms with Gasteiger partial charge in [-0.2, -0.15) is 14.6 Å². The third-order valence-electron chi connectivity index (χ3n) is 3.04. The van der Waals surface area contributed by atoms with E-state index in [4.69, 9.17) is 4.74 Å². The number of hydrogen-bond donors (Lipinski definition) is 1. The predicted molar refractivity (Wildman–Crippen MR) is 79.3 cm³/mol. The van der Waals surface area contributed by atoms with Gasteiger partial charge in [0.2, 0.25) is 0 Å². The Bertz CT molecular complexity index is 726. The molecule has 116 valence electrons. The lowest BCUT2D eigenvalue weighted by Crippen LogP contribution is -2.17. The Labute approximate surface area is 123 Å². The SMILES string of the molecule is Cc1nc2ncnn2c(NCCOCCS(C)(=O)=O)c1C. The number of hydrogen-bond acceptors (Lipinski definition) is 7. The summed E-state index contributed by atoms with van der Waals surface area (Å²) in [4.78, 5) is 8.40. The van der Waals surface area contributed by atoms with Gasteiger partial charge in [-0.15, -0.1) is 0 Å². The highest BCUT2D eigenvalue weighted by atomic mass is 32.2. The largest absolute Gasteiger partial charge is 0.379 e. The molecule has 0 bridgehead atoms. The Morgan fingerprint density at radius 2 is 2.10 bits per heavy atom. The fourth-order valence-electron chi connectivity index (χ4n) is 1.79. The number of fused-ring (bicyclic) bond motifs is 1. The number of rotatable bonds is 7. The van der Waals surface area contributed by atoms with Crippen molar-refractivity contribution in [2.45, 2.75) is 13.8 Å². The molecule has 2 aromatic rings. The summed E-state index contributed by atoms with van der Waals surface area (Å²) < 4.78 is 28.9. The highest BCUT2D eigenvalue weighted by molar-refractivity contribution is 7.90. The summed E-state index contributed by atoms with van der Waals surface area (Å²) in [7, 11) is -2.97. The second-order valence-corrected chi connectivity index (χ2v) is 7.07. The Hall–Kier alpha value is -1.74. The molecule has 8 nitrogen and oxygen atoms in total. The van der Waals surface area contributed by atoms with Crippen LogP contribution in [0, 0.1) is 13.8 Å². The van der Waals surface area contributed by atoms with Gasteiger partial charge in [-0.05, 0) is 13.8 Å². The molecule has 2 rings (SSSR count). The zero-order valence-corrected chi connectivity index (χ0v) is 13.1. The third kappa shape index (κ3) is 4.11. The summed E-state index contributed by atoms with van der Waals surface area (Å²) in [5.74, 6) is 1.40.